The Morgan fingerprint density at radius 1 is 1.38 bits per heavy atom. The van der Waals surface area contributed by atoms with Crippen molar-refractivity contribution in [2.75, 3.05) is 6.54 Å². The van der Waals surface area contributed by atoms with Crippen LogP contribution in [0.2, 0.25) is 0 Å². The highest BCUT2D eigenvalue weighted by atomic mass is 16.2. The van der Waals surface area contributed by atoms with Gasteiger partial charge in [0.25, 0.3) is 0 Å². The van der Waals surface area contributed by atoms with Gasteiger partial charge in [0.1, 0.15) is 11.1 Å². The maximum Gasteiger partial charge on any atom is 0.249 e. The zero-order valence-corrected chi connectivity index (χ0v) is 10.5. The third-order valence-electron chi connectivity index (χ3n) is 3.36. The molecule has 0 aromatic heterocycles. The minimum atomic E-state index is -0.806. The molecule has 4 nitrogen and oxygen atoms in total. The van der Waals surface area contributed by atoms with Crippen LogP contribution in [0.25, 0.3) is 0 Å². The summed E-state index contributed by atoms with van der Waals surface area (Å²) in [4.78, 5) is 25.9. The van der Waals surface area contributed by atoms with E-state index in [4.69, 9.17) is 0 Å². The molecule has 1 rings (SSSR count). The first-order valence-corrected chi connectivity index (χ1v) is 5.55. The smallest absolute Gasteiger partial charge is 0.249 e. The molecule has 0 spiro atoms. The Kier molecular flexibility index (Phi) is 3.13. The molecule has 16 heavy (non-hydrogen) atoms. The predicted octanol–water partition coefficient (Wildman–Crippen LogP) is 1.08. The molecule has 0 radical (unpaired) electrons. The van der Waals surface area contributed by atoms with Gasteiger partial charge in [0.05, 0.1) is 0 Å². The first-order chi connectivity index (χ1) is 7.29. The molecule has 1 atom stereocenters. The van der Waals surface area contributed by atoms with Crippen LogP contribution >= 0.6 is 0 Å². The van der Waals surface area contributed by atoms with Crippen molar-refractivity contribution in [1.29, 1.82) is 0 Å². The molecule has 1 fully saturated rings. The number of piperazine rings is 1. The number of carbonyl (C=O) groups is 2. The number of carbonyl (C=O) groups excluding carboxylic acids is 2. The summed E-state index contributed by atoms with van der Waals surface area (Å²) in [6, 6.07) is 0. The van der Waals surface area contributed by atoms with E-state index in [2.05, 4.69) is 11.9 Å². The van der Waals surface area contributed by atoms with Crippen molar-refractivity contribution in [3.05, 3.63) is 12.7 Å². The summed E-state index contributed by atoms with van der Waals surface area (Å²) in [5.74, 6) is -0.155. The Morgan fingerprint density at radius 3 is 2.38 bits per heavy atom. The van der Waals surface area contributed by atoms with Gasteiger partial charge in [-0.1, -0.05) is 13.0 Å². The molecule has 0 aliphatic carbocycles. The van der Waals surface area contributed by atoms with E-state index in [1.165, 1.54) is 0 Å². The molecule has 1 unspecified atom stereocenters. The third kappa shape index (κ3) is 1.72. The largest absolute Gasteiger partial charge is 0.340 e. The number of nitrogens with one attached hydrogen (secondary N) is 1. The van der Waals surface area contributed by atoms with E-state index in [0.717, 1.165) is 0 Å². The van der Waals surface area contributed by atoms with Gasteiger partial charge in [-0.05, 0) is 27.2 Å². The minimum Gasteiger partial charge on any atom is -0.340 e. The van der Waals surface area contributed by atoms with Crippen molar-refractivity contribution in [3.8, 4) is 0 Å². The maximum absolute atomic E-state index is 12.3. The Bertz CT molecular complexity index is 336. The Balaban J connectivity index is 3.14. The third-order valence-corrected chi connectivity index (χ3v) is 3.36. The molecule has 1 saturated heterocycles. The van der Waals surface area contributed by atoms with Gasteiger partial charge in [-0.3, -0.25) is 9.59 Å². The SMILES string of the molecule is C=CCN1C(=O)C(C)(CC)NC(=O)C1(C)C. The highest BCUT2D eigenvalue weighted by Gasteiger charge is 2.50. The zero-order valence-electron chi connectivity index (χ0n) is 10.5. The van der Waals surface area contributed by atoms with Gasteiger partial charge in [-0.15, -0.1) is 6.58 Å². The van der Waals surface area contributed by atoms with Crippen LogP contribution in [-0.4, -0.2) is 34.3 Å². The van der Waals surface area contributed by atoms with Gasteiger partial charge >= 0.3 is 0 Å². The Labute approximate surface area is 96.7 Å². The van der Waals surface area contributed by atoms with E-state index >= 15 is 0 Å². The van der Waals surface area contributed by atoms with E-state index in [1.54, 1.807) is 31.7 Å². The first-order valence-electron chi connectivity index (χ1n) is 5.55. The van der Waals surface area contributed by atoms with Crippen LogP contribution in [0, 0.1) is 0 Å². The molecule has 0 aromatic carbocycles. The molecule has 0 aromatic rings. The summed E-state index contributed by atoms with van der Waals surface area (Å²) in [6.07, 6.45) is 2.23. The zero-order chi connectivity index (χ0) is 12.6. The molecule has 1 N–H and O–H groups in total. The highest BCUT2D eigenvalue weighted by molar-refractivity contribution is 6.01. The summed E-state index contributed by atoms with van der Waals surface area (Å²) in [5.41, 5.74) is -1.59. The fraction of sp³-hybridized carbons (Fsp3) is 0.667. The second-order valence-electron chi connectivity index (χ2n) is 4.90. The molecule has 1 aliphatic heterocycles. The van der Waals surface area contributed by atoms with Crippen molar-refractivity contribution < 1.29 is 9.59 Å². The molecular formula is C12H20N2O2. The summed E-state index contributed by atoms with van der Waals surface area (Å²) in [6.45, 7) is 11.2. The van der Waals surface area contributed by atoms with Gasteiger partial charge in [0, 0.05) is 6.54 Å². The average Bonchev–Trinajstić information content (AvgIpc) is 2.22. The summed E-state index contributed by atoms with van der Waals surface area (Å²) < 4.78 is 0. The van der Waals surface area contributed by atoms with Crippen LogP contribution in [0.15, 0.2) is 12.7 Å². The molecule has 2 amide bonds. The fourth-order valence-corrected chi connectivity index (χ4v) is 1.81. The van der Waals surface area contributed by atoms with Crippen molar-refractivity contribution in [3.63, 3.8) is 0 Å². The lowest BCUT2D eigenvalue weighted by Gasteiger charge is -2.48. The summed E-state index contributed by atoms with van der Waals surface area (Å²) >= 11 is 0. The molecule has 0 bridgehead atoms. The number of rotatable bonds is 3. The van der Waals surface area contributed by atoms with Crippen LogP contribution < -0.4 is 5.32 Å². The fourth-order valence-electron chi connectivity index (χ4n) is 1.81. The number of nitrogens with zero attached hydrogens (tertiary/aromatic N) is 1. The van der Waals surface area contributed by atoms with Crippen LogP contribution in [0.4, 0.5) is 0 Å². The van der Waals surface area contributed by atoms with E-state index in [-0.39, 0.29) is 11.8 Å². The quantitative estimate of drug-likeness (QED) is 0.729. The molecule has 4 heteroatoms. The monoisotopic (exact) mass is 224 g/mol. The van der Waals surface area contributed by atoms with Crippen molar-refractivity contribution in [2.45, 2.75) is 45.2 Å². The lowest BCUT2D eigenvalue weighted by molar-refractivity contribution is -0.159. The molecule has 0 saturated carbocycles. The Hall–Kier alpha value is -1.32. The Morgan fingerprint density at radius 2 is 1.94 bits per heavy atom. The van der Waals surface area contributed by atoms with Crippen molar-refractivity contribution in [1.82, 2.24) is 10.2 Å². The van der Waals surface area contributed by atoms with Crippen LogP contribution in [0.3, 0.4) is 0 Å². The van der Waals surface area contributed by atoms with Crippen molar-refractivity contribution in [2.24, 2.45) is 0 Å². The van der Waals surface area contributed by atoms with Gasteiger partial charge in [0.15, 0.2) is 0 Å². The molecule has 90 valence electrons. The lowest BCUT2D eigenvalue weighted by Crippen LogP contribution is -2.73. The van der Waals surface area contributed by atoms with Crippen LogP contribution in [0.1, 0.15) is 34.1 Å². The van der Waals surface area contributed by atoms with Gasteiger partial charge < -0.3 is 10.2 Å². The topological polar surface area (TPSA) is 49.4 Å². The van der Waals surface area contributed by atoms with E-state index in [9.17, 15) is 9.59 Å². The minimum absolute atomic E-state index is 0.0421. The van der Waals surface area contributed by atoms with E-state index < -0.39 is 11.1 Å². The second kappa shape index (κ2) is 3.92. The average molecular weight is 224 g/mol. The highest BCUT2D eigenvalue weighted by Crippen LogP contribution is 2.27. The molecular weight excluding hydrogens is 204 g/mol. The second-order valence-corrected chi connectivity index (χ2v) is 4.90. The number of hydrogen-bond acceptors (Lipinski definition) is 2. The van der Waals surface area contributed by atoms with Gasteiger partial charge in [-0.2, -0.15) is 0 Å². The first kappa shape index (κ1) is 12.7. The summed E-state index contributed by atoms with van der Waals surface area (Å²) in [7, 11) is 0. The van der Waals surface area contributed by atoms with Gasteiger partial charge in [-0.25, -0.2) is 0 Å². The molecule has 1 heterocycles. The number of amides is 2. The van der Waals surface area contributed by atoms with E-state index in [0.29, 0.717) is 13.0 Å². The van der Waals surface area contributed by atoms with Crippen molar-refractivity contribution >= 4 is 11.8 Å². The predicted molar refractivity (Wildman–Crippen MR) is 62.8 cm³/mol. The number of hydrogen-bond donors (Lipinski definition) is 1. The van der Waals surface area contributed by atoms with Crippen LogP contribution in [0.5, 0.6) is 0 Å². The maximum atomic E-state index is 12.3. The molecule has 1 aliphatic rings. The summed E-state index contributed by atoms with van der Waals surface area (Å²) in [5, 5.41) is 2.81. The normalized spacial score (nSPS) is 28.9. The lowest BCUT2D eigenvalue weighted by atomic mass is 9.87. The van der Waals surface area contributed by atoms with E-state index in [1.807, 2.05) is 6.92 Å². The van der Waals surface area contributed by atoms with Crippen LogP contribution in [-0.2, 0) is 9.59 Å². The van der Waals surface area contributed by atoms with Gasteiger partial charge in [0.2, 0.25) is 11.8 Å². The standard InChI is InChI=1S/C12H20N2O2/c1-6-8-14-10(16)12(5,7-2)13-9(15)11(14,3)4/h6H,1,7-8H2,2-5H3,(H,13,15).